The molecule has 0 saturated carbocycles. The average Bonchev–Trinajstić information content (AvgIpc) is 2.50. The second-order valence-electron chi connectivity index (χ2n) is 5.53. The molecule has 0 spiro atoms. The zero-order valence-corrected chi connectivity index (χ0v) is 13.6. The monoisotopic (exact) mass is 302 g/mol. The first-order valence-electron chi connectivity index (χ1n) is 7.14. The highest BCUT2D eigenvalue weighted by molar-refractivity contribution is 5.57. The van der Waals surface area contributed by atoms with Crippen molar-refractivity contribution in [3.8, 4) is 23.0 Å². The molecular weight excluding hydrogens is 280 g/mol. The number of phenols is 2. The molecule has 2 aromatic rings. The Morgan fingerprint density at radius 1 is 0.773 bits per heavy atom. The summed E-state index contributed by atoms with van der Waals surface area (Å²) in [6.45, 7) is 5.81. The van der Waals surface area contributed by atoms with E-state index in [-0.39, 0.29) is 17.4 Å². The fourth-order valence-electron chi connectivity index (χ4n) is 2.68. The van der Waals surface area contributed by atoms with Gasteiger partial charge in [0.05, 0.1) is 14.2 Å². The number of methoxy groups -OCH3 is 2. The minimum absolute atomic E-state index is 0.0977. The summed E-state index contributed by atoms with van der Waals surface area (Å²) < 4.78 is 10.4. The van der Waals surface area contributed by atoms with Crippen LogP contribution in [-0.4, -0.2) is 24.4 Å². The summed E-state index contributed by atoms with van der Waals surface area (Å²) in [7, 11) is 3.05. The molecular formula is C18H22O4. The van der Waals surface area contributed by atoms with Gasteiger partial charge in [-0.1, -0.05) is 19.1 Å². The predicted octanol–water partition coefficient (Wildman–Crippen LogP) is 3.88. The normalized spacial score (nSPS) is 10.8. The van der Waals surface area contributed by atoms with Crippen molar-refractivity contribution in [3.05, 3.63) is 46.5 Å². The maximum atomic E-state index is 10.4. The van der Waals surface area contributed by atoms with Crippen LogP contribution in [0.1, 0.15) is 35.1 Å². The molecule has 0 heterocycles. The average molecular weight is 302 g/mol. The standard InChI is InChI=1S/C18H22O4/c1-10-6-13(17(19)15(8-10)21-4)12(3)14-7-11(2)9-16(22-5)18(14)20/h6-9,12,19-20H,1-5H3. The third-order valence-electron chi connectivity index (χ3n) is 3.87. The largest absolute Gasteiger partial charge is 0.504 e. The molecule has 2 rings (SSSR count). The Kier molecular flexibility index (Phi) is 4.50. The van der Waals surface area contributed by atoms with Crippen molar-refractivity contribution in [3.63, 3.8) is 0 Å². The smallest absolute Gasteiger partial charge is 0.161 e. The highest BCUT2D eigenvalue weighted by Crippen LogP contribution is 2.43. The molecule has 0 unspecified atom stereocenters. The van der Waals surface area contributed by atoms with Crippen LogP contribution in [0.15, 0.2) is 24.3 Å². The maximum Gasteiger partial charge on any atom is 0.161 e. The van der Waals surface area contributed by atoms with E-state index in [4.69, 9.17) is 9.47 Å². The highest BCUT2D eigenvalue weighted by Gasteiger charge is 2.21. The van der Waals surface area contributed by atoms with E-state index in [1.807, 2.05) is 32.9 Å². The van der Waals surface area contributed by atoms with Gasteiger partial charge < -0.3 is 19.7 Å². The molecule has 0 aliphatic heterocycles. The molecule has 118 valence electrons. The molecule has 0 aliphatic carbocycles. The first-order chi connectivity index (χ1) is 10.4. The van der Waals surface area contributed by atoms with E-state index < -0.39 is 0 Å². The third-order valence-corrected chi connectivity index (χ3v) is 3.87. The minimum Gasteiger partial charge on any atom is -0.504 e. The maximum absolute atomic E-state index is 10.4. The Balaban J connectivity index is 2.60. The summed E-state index contributed by atoms with van der Waals surface area (Å²) in [6, 6.07) is 7.36. The molecule has 22 heavy (non-hydrogen) atoms. The summed E-state index contributed by atoms with van der Waals surface area (Å²) in [6.07, 6.45) is 0. The predicted molar refractivity (Wildman–Crippen MR) is 86.3 cm³/mol. The van der Waals surface area contributed by atoms with Crippen LogP contribution >= 0.6 is 0 Å². The lowest BCUT2D eigenvalue weighted by Crippen LogP contribution is -2.01. The number of hydrogen-bond donors (Lipinski definition) is 2. The van der Waals surface area contributed by atoms with E-state index in [9.17, 15) is 10.2 Å². The fraction of sp³-hybridized carbons (Fsp3) is 0.333. The number of aryl methyl sites for hydroxylation is 2. The van der Waals surface area contributed by atoms with Crippen molar-refractivity contribution < 1.29 is 19.7 Å². The Morgan fingerprint density at radius 2 is 1.14 bits per heavy atom. The van der Waals surface area contributed by atoms with Crippen molar-refractivity contribution in [2.45, 2.75) is 26.7 Å². The van der Waals surface area contributed by atoms with E-state index >= 15 is 0 Å². The van der Waals surface area contributed by atoms with Crippen LogP contribution < -0.4 is 9.47 Å². The molecule has 0 aromatic heterocycles. The molecule has 0 saturated heterocycles. The first-order valence-corrected chi connectivity index (χ1v) is 7.14. The summed E-state index contributed by atoms with van der Waals surface area (Å²) in [5, 5.41) is 20.8. The van der Waals surface area contributed by atoms with Crippen molar-refractivity contribution in [2.75, 3.05) is 14.2 Å². The Hall–Kier alpha value is -2.36. The quantitative estimate of drug-likeness (QED) is 0.899. The van der Waals surface area contributed by atoms with Gasteiger partial charge in [-0.3, -0.25) is 0 Å². The van der Waals surface area contributed by atoms with Crippen molar-refractivity contribution in [2.24, 2.45) is 0 Å². The number of ether oxygens (including phenoxy) is 2. The van der Waals surface area contributed by atoms with Crippen LogP contribution in [0.4, 0.5) is 0 Å². The van der Waals surface area contributed by atoms with Crippen LogP contribution in [0, 0.1) is 13.8 Å². The van der Waals surface area contributed by atoms with Gasteiger partial charge in [0.2, 0.25) is 0 Å². The molecule has 0 atom stereocenters. The molecule has 0 bridgehead atoms. The Morgan fingerprint density at radius 3 is 1.45 bits per heavy atom. The van der Waals surface area contributed by atoms with Crippen molar-refractivity contribution in [1.82, 2.24) is 0 Å². The fourth-order valence-corrected chi connectivity index (χ4v) is 2.68. The number of hydrogen-bond acceptors (Lipinski definition) is 4. The van der Waals surface area contributed by atoms with Crippen molar-refractivity contribution >= 4 is 0 Å². The number of phenolic OH excluding ortho intramolecular Hbond substituents is 2. The second-order valence-corrected chi connectivity index (χ2v) is 5.53. The van der Waals surface area contributed by atoms with E-state index in [1.54, 1.807) is 12.1 Å². The molecule has 0 amide bonds. The zero-order chi connectivity index (χ0) is 16.4. The van der Waals surface area contributed by atoms with Gasteiger partial charge in [-0.25, -0.2) is 0 Å². The lowest BCUT2D eigenvalue weighted by molar-refractivity contribution is 0.365. The number of benzene rings is 2. The third kappa shape index (κ3) is 2.82. The van der Waals surface area contributed by atoms with Gasteiger partial charge in [0.25, 0.3) is 0 Å². The molecule has 4 nitrogen and oxygen atoms in total. The zero-order valence-electron chi connectivity index (χ0n) is 13.6. The molecule has 0 aliphatic rings. The molecule has 2 aromatic carbocycles. The van der Waals surface area contributed by atoms with E-state index in [0.29, 0.717) is 22.6 Å². The van der Waals surface area contributed by atoms with E-state index in [1.165, 1.54) is 14.2 Å². The van der Waals surface area contributed by atoms with Gasteiger partial charge in [0, 0.05) is 17.0 Å². The topological polar surface area (TPSA) is 58.9 Å². The van der Waals surface area contributed by atoms with E-state index in [0.717, 1.165) is 11.1 Å². The summed E-state index contributed by atoms with van der Waals surface area (Å²) in [4.78, 5) is 0. The molecule has 0 fully saturated rings. The first kappa shape index (κ1) is 16.0. The van der Waals surface area contributed by atoms with Crippen LogP contribution in [0.25, 0.3) is 0 Å². The van der Waals surface area contributed by atoms with Crippen LogP contribution in [-0.2, 0) is 0 Å². The van der Waals surface area contributed by atoms with Gasteiger partial charge in [0.1, 0.15) is 0 Å². The minimum atomic E-state index is -0.206. The SMILES string of the molecule is COc1cc(C)cc(C(C)c2cc(C)cc(OC)c2O)c1O. The lowest BCUT2D eigenvalue weighted by atomic mass is 9.89. The van der Waals surface area contributed by atoms with Crippen LogP contribution in [0.2, 0.25) is 0 Å². The van der Waals surface area contributed by atoms with Gasteiger partial charge in [-0.05, 0) is 37.1 Å². The van der Waals surface area contributed by atoms with Gasteiger partial charge >= 0.3 is 0 Å². The summed E-state index contributed by atoms with van der Waals surface area (Å²) in [5.41, 5.74) is 3.38. The Bertz CT molecular complexity index is 632. The van der Waals surface area contributed by atoms with Crippen molar-refractivity contribution in [1.29, 1.82) is 0 Å². The second kappa shape index (κ2) is 6.18. The highest BCUT2D eigenvalue weighted by atomic mass is 16.5. The van der Waals surface area contributed by atoms with Crippen LogP contribution in [0.5, 0.6) is 23.0 Å². The molecule has 4 heteroatoms. The number of aromatic hydroxyl groups is 2. The Labute approximate surface area is 130 Å². The molecule has 2 N–H and O–H groups in total. The van der Waals surface area contributed by atoms with Gasteiger partial charge in [0.15, 0.2) is 23.0 Å². The van der Waals surface area contributed by atoms with E-state index in [2.05, 4.69) is 0 Å². The summed E-state index contributed by atoms with van der Waals surface area (Å²) in [5.74, 6) is 0.852. The molecule has 0 radical (unpaired) electrons. The van der Waals surface area contributed by atoms with Gasteiger partial charge in [-0.2, -0.15) is 0 Å². The van der Waals surface area contributed by atoms with Gasteiger partial charge in [-0.15, -0.1) is 0 Å². The lowest BCUT2D eigenvalue weighted by Gasteiger charge is -2.19. The summed E-state index contributed by atoms with van der Waals surface area (Å²) >= 11 is 0. The van der Waals surface area contributed by atoms with Crippen LogP contribution in [0.3, 0.4) is 0 Å². The number of rotatable bonds is 4.